The van der Waals surface area contributed by atoms with Crippen molar-refractivity contribution in [1.82, 2.24) is 5.32 Å². The summed E-state index contributed by atoms with van der Waals surface area (Å²) in [5.41, 5.74) is 0.0968. The fourth-order valence-corrected chi connectivity index (χ4v) is 2.49. The summed E-state index contributed by atoms with van der Waals surface area (Å²) in [6, 6.07) is 0.539. The van der Waals surface area contributed by atoms with Gasteiger partial charge in [-0.25, -0.2) is 0 Å². The minimum atomic E-state index is -0.0938. The highest BCUT2D eigenvalue weighted by Gasteiger charge is 2.46. The highest BCUT2D eigenvalue weighted by Crippen LogP contribution is 2.40. The van der Waals surface area contributed by atoms with Crippen molar-refractivity contribution in [3.63, 3.8) is 0 Å². The number of aliphatic hydroxyl groups excluding tert-OH is 1. The molecule has 2 nitrogen and oxygen atoms in total. The molecular weight excluding hydrogens is 174 g/mol. The maximum Gasteiger partial charge on any atom is 0.0621 e. The number of nitrogens with one attached hydrogen (secondary N) is 1. The molecule has 2 saturated carbocycles. The minimum absolute atomic E-state index is 0.0938. The van der Waals surface area contributed by atoms with Crippen molar-refractivity contribution in [2.45, 2.75) is 58.1 Å². The van der Waals surface area contributed by atoms with Crippen LogP contribution in [0.3, 0.4) is 0 Å². The van der Waals surface area contributed by atoms with Crippen LogP contribution < -0.4 is 5.32 Å². The van der Waals surface area contributed by atoms with Crippen molar-refractivity contribution in [2.75, 3.05) is 6.54 Å². The maximum atomic E-state index is 9.57. The summed E-state index contributed by atoms with van der Waals surface area (Å²) in [6.45, 7) is 5.45. The van der Waals surface area contributed by atoms with Crippen molar-refractivity contribution >= 4 is 0 Å². The summed E-state index contributed by atoms with van der Waals surface area (Å²) in [5.74, 6) is 0.996. The Hall–Kier alpha value is -0.0800. The van der Waals surface area contributed by atoms with Gasteiger partial charge in [0.25, 0.3) is 0 Å². The zero-order valence-electron chi connectivity index (χ0n) is 9.42. The minimum Gasteiger partial charge on any atom is -0.392 e. The molecule has 0 radical (unpaired) electrons. The first-order chi connectivity index (χ1) is 6.60. The molecule has 2 aliphatic carbocycles. The van der Waals surface area contributed by atoms with Crippen LogP contribution in [0.15, 0.2) is 0 Å². The van der Waals surface area contributed by atoms with Crippen molar-refractivity contribution < 1.29 is 5.11 Å². The van der Waals surface area contributed by atoms with Gasteiger partial charge in [0.15, 0.2) is 0 Å². The fourth-order valence-electron chi connectivity index (χ4n) is 2.49. The first-order valence-corrected chi connectivity index (χ1v) is 6.02. The Morgan fingerprint density at radius 3 is 2.50 bits per heavy atom. The molecule has 0 amide bonds. The van der Waals surface area contributed by atoms with Crippen molar-refractivity contribution in [1.29, 1.82) is 0 Å². The van der Waals surface area contributed by atoms with Crippen LogP contribution in [-0.4, -0.2) is 23.8 Å². The summed E-state index contributed by atoms with van der Waals surface area (Å²) < 4.78 is 0. The first-order valence-electron chi connectivity index (χ1n) is 6.02. The van der Waals surface area contributed by atoms with E-state index in [1.807, 2.05) is 0 Å². The van der Waals surface area contributed by atoms with Gasteiger partial charge in [-0.3, -0.25) is 0 Å². The van der Waals surface area contributed by atoms with Crippen LogP contribution in [0.1, 0.15) is 46.0 Å². The smallest absolute Gasteiger partial charge is 0.0621 e. The van der Waals surface area contributed by atoms with Crippen LogP contribution in [0.2, 0.25) is 0 Å². The van der Waals surface area contributed by atoms with E-state index in [4.69, 9.17) is 0 Å². The van der Waals surface area contributed by atoms with Crippen LogP contribution in [0.25, 0.3) is 0 Å². The Morgan fingerprint density at radius 2 is 2.07 bits per heavy atom. The van der Waals surface area contributed by atoms with E-state index in [1.165, 1.54) is 25.7 Å². The van der Waals surface area contributed by atoms with E-state index in [-0.39, 0.29) is 11.5 Å². The predicted molar refractivity (Wildman–Crippen MR) is 58.2 cm³/mol. The number of hydrogen-bond acceptors (Lipinski definition) is 2. The number of aliphatic hydroxyl groups is 1. The van der Waals surface area contributed by atoms with Crippen LogP contribution in [0.5, 0.6) is 0 Å². The summed E-state index contributed by atoms with van der Waals surface area (Å²) in [6.07, 6.45) is 6.51. The first kappa shape index (κ1) is 10.4. The maximum absolute atomic E-state index is 9.57. The SMILES string of the molecule is CC1(C)C(O)CC1NCCC1CCC1. The zero-order chi connectivity index (χ0) is 10.2. The lowest BCUT2D eigenvalue weighted by Gasteiger charge is -2.50. The van der Waals surface area contributed by atoms with Gasteiger partial charge in [-0.1, -0.05) is 33.1 Å². The third-order valence-electron chi connectivity index (χ3n) is 4.38. The van der Waals surface area contributed by atoms with E-state index in [9.17, 15) is 5.11 Å². The van der Waals surface area contributed by atoms with E-state index >= 15 is 0 Å². The van der Waals surface area contributed by atoms with Crippen molar-refractivity contribution in [2.24, 2.45) is 11.3 Å². The monoisotopic (exact) mass is 197 g/mol. The molecule has 2 fully saturated rings. The Kier molecular flexibility index (Phi) is 2.85. The Labute approximate surface area is 87.1 Å². The lowest BCUT2D eigenvalue weighted by molar-refractivity contribution is -0.0726. The van der Waals surface area contributed by atoms with Crippen molar-refractivity contribution in [3.8, 4) is 0 Å². The van der Waals surface area contributed by atoms with Gasteiger partial charge in [0.2, 0.25) is 0 Å². The van der Waals surface area contributed by atoms with Gasteiger partial charge in [-0.2, -0.15) is 0 Å². The van der Waals surface area contributed by atoms with E-state index in [1.54, 1.807) is 0 Å². The average Bonchev–Trinajstić information content (AvgIpc) is 2.07. The van der Waals surface area contributed by atoms with Gasteiger partial charge in [-0.05, 0) is 25.3 Å². The largest absolute Gasteiger partial charge is 0.392 e. The summed E-state index contributed by atoms with van der Waals surface area (Å²) in [4.78, 5) is 0. The normalized spacial score (nSPS) is 36.2. The predicted octanol–water partition coefficient (Wildman–Crippen LogP) is 1.93. The van der Waals surface area contributed by atoms with E-state index in [0.717, 1.165) is 18.9 Å². The molecule has 2 aliphatic rings. The van der Waals surface area contributed by atoms with Gasteiger partial charge >= 0.3 is 0 Å². The Morgan fingerprint density at radius 1 is 1.36 bits per heavy atom. The fraction of sp³-hybridized carbons (Fsp3) is 1.00. The molecule has 0 aromatic carbocycles. The van der Waals surface area contributed by atoms with Gasteiger partial charge in [0, 0.05) is 11.5 Å². The van der Waals surface area contributed by atoms with Gasteiger partial charge in [0.05, 0.1) is 6.10 Å². The second-order valence-electron chi connectivity index (χ2n) is 5.67. The third kappa shape index (κ3) is 1.82. The molecule has 0 heterocycles. The molecule has 2 N–H and O–H groups in total. The molecule has 2 heteroatoms. The molecular formula is C12H23NO. The Balaban J connectivity index is 1.62. The third-order valence-corrected chi connectivity index (χ3v) is 4.38. The highest BCUT2D eigenvalue weighted by molar-refractivity contribution is 5.01. The average molecular weight is 197 g/mol. The molecule has 2 rings (SSSR count). The zero-order valence-corrected chi connectivity index (χ0v) is 9.42. The summed E-state index contributed by atoms with van der Waals surface area (Å²) >= 11 is 0. The van der Waals surface area contributed by atoms with Crippen molar-refractivity contribution in [3.05, 3.63) is 0 Å². The van der Waals surface area contributed by atoms with Crippen LogP contribution in [0.4, 0.5) is 0 Å². The second-order valence-corrected chi connectivity index (χ2v) is 5.67. The lowest BCUT2D eigenvalue weighted by atomic mass is 9.64. The quantitative estimate of drug-likeness (QED) is 0.721. The molecule has 0 aromatic rings. The molecule has 2 atom stereocenters. The van der Waals surface area contributed by atoms with E-state index in [0.29, 0.717) is 6.04 Å². The van der Waals surface area contributed by atoms with E-state index in [2.05, 4.69) is 19.2 Å². The number of hydrogen-bond donors (Lipinski definition) is 2. The summed E-state index contributed by atoms with van der Waals surface area (Å²) in [7, 11) is 0. The molecule has 14 heavy (non-hydrogen) atoms. The molecule has 82 valence electrons. The van der Waals surface area contributed by atoms with Gasteiger partial charge < -0.3 is 10.4 Å². The van der Waals surface area contributed by atoms with Crippen LogP contribution in [0, 0.1) is 11.3 Å². The molecule has 0 spiro atoms. The van der Waals surface area contributed by atoms with Crippen LogP contribution in [-0.2, 0) is 0 Å². The molecule has 0 aromatic heterocycles. The molecule has 0 bridgehead atoms. The topological polar surface area (TPSA) is 32.3 Å². The Bertz CT molecular complexity index is 198. The second kappa shape index (κ2) is 3.82. The standard InChI is InChI=1S/C12H23NO/c1-12(2)10(8-11(12)14)13-7-6-9-4-3-5-9/h9-11,13-14H,3-8H2,1-2H3. The molecule has 0 saturated heterocycles. The molecule has 2 unspecified atom stereocenters. The lowest BCUT2D eigenvalue weighted by Crippen LogP contribution is -2.60. The number of rotatable bonds is 4. The summed E-state index contributed by atoms with van der Waals surface area (Å²) in [5, 5.41) is 13.2. The van der Waals surface area contributed by atoms with E-state index < -0.39 is 0 Å². The highest BCUT2D eigenvalue weighted by atomic mass is 16.3. The molecule has 0 aliphatic heterocycles. The van der Waals surface area contributed by atoms with Gasteiger partial charge in [0.1, 0.15) is 0 Å². The van der Waals surface area contributed by atoms with Crippen LogP contribution >= 0.6 is 0 Å². The van der Waals surface area contributed by atoms with Gasteiger partial charge in [-0.15, -0.1) is 0 Å².